The molecule has 154 valence electrons. The monoisotopic (exact) mass is 422 g/mol. The van der Waals surface area contributed by atoms with Crippen molar-refractivity contribution in [2.45, 2.75) is 30.6 Å². The quantitative estimate of drug-likeness (QED) is 0.522. The highest BCUT2D eigenvalue weighted by atomic mass is 19.4. The molecule has 0 atom stereocenters. The van der Waals surface area contributed by atoms with Crippen molar-refractivity contribution in [1.29, 1.82) is 0 Å². The number of rotatable bonds is 3. The molecule has 0 aromatic heterocycles. The van der Waals surface area contributed by atoms with Gasteiger partial charge in [-0.05, 0) is 12.1 Å². The van der Waals surface area contributed by atoms with Gasteiger partial charge in [0.15, 0.2) is 0 Å². The Kier molecular flexibility index (Phi) is 5.25. The summed E-state index contributed by atoms with van der Waals surface area (Å²) in [4.78, 5) is 14.7. The first-order valence-corrected chi connectivity index (χ1v) is 7.15. The summed E-state index contributed by atoms with van der Waals surface area (Å²) < 4.78 is 128. The Morgan fingerprint density at radius 1 is 0.964 bits per heavy atom. The molecule has 2 rings (SSSR count). The highest BCUT2D eigenvalue weighted by molar-refractivity contribution is 6.01. The van der Waals surface area contributed by atoms with E-state index in [-0.39, 0.29) is 11.4 Å². The van der Waals surface area contributed by atoms with Crippen LogP contribution in [0.25, 0.3) is 0 Å². The smallest absolute Gasteiger partial charge is 0.357 e. The molecule has 1 aromatic rings. The van der Waals surface area contributed by atoms with Crippen LogP contribution in [-0.4, -0.2) is 35.7 Å². The lowest BCUT2D eigenvalue weighted by atomic mass is 10.0. The zero-order valence-electron chi connectivity index (χ0n) is 13.2. The number of halogens is 10. The van der Waals surface area contributed by atoms with Crippen LogP contribution >= 0.6 is 0 Å². The van der Waals surface area contributed by atoms with Crippen molar-refractivity contribution in [3.63, 3.8) is 0 Å². The SMILES string of the molecule is O=C(C=C1CC(C(F)(F)F)=Nc2ccccc2N1)C(F)(F)C(F)(F)C(F)(F)F. The largest absolute Gasteiger partial charge is 0.460 e. The second kappa shape index (κ2) is 6.78. The van der Waals surface area contributed by atoms with Crippen LogP contribution in [-0.2, 0) is 4.79 Å². The number of nitrogens with zero attached hydrogens (tertiary/aromatic N) is 1. The van der Waals surface area contributed by atoms with Crippen LogP contribution in [0.4, 0.5) is 55.3 Å². The van der Waals surface area contributed by atoms with Crippen molar-refractivity contribution < 1.29 is 48.7 Å². The number of hydrogen-bond acceptors (Lipinski definition) is 3. The van der Waals surface area contributed by atoms with Gasteiger partial charge in [-0.1, -0.05) is 12.1 Å². The minimum Gasteiger partial charge on any atom is -0.357 e. The van der Waals surface area contributed by atoms with Gasteiger partial charge in [0.25, 0.3) is 0 Å². The molecule has 0 saturated carbocycles. The molecular weight excluding hydrogens is 414 g/mol. The minimum absolute atomic E-state index is 0.202. The number of aliphatic imine (C=N–C) groups is 1. The summed E-state index contributed by atoms with van der Waals surface area (Å²) >= 11 is 0. The molecule has 1 heterocycles. The van der Waals surface area contributed by atoms with Gasteiger partial charge in [-0.15, -0.1) is 0 Å². The first kappa shape index (κ1) is 21.7. The second-order valence-corrected chi connectivity index (χ2v) is 5.56. The molecule has 1 aliphatic heterocycles. The van der Waals surface area contributed by atoms with Crippen LogP contribution in [0.5, 0.6) is 0 Å². The van der Waals surface area contributed by atoms with Gasteiger partial charge in [0.1, 0.15) is 5.71 Å². The fourth-order valence-electron chi connectivity index (χ4n) is 2.09. The molecule has 0 amide bonds. The van der Waals surface area contributed by atoms with Crippen LogP contribution in [0.2, 0.25) is 0 Å². The van der Waals surface area contributed by atoms with Gasteiger partial charge in [0.05, 0.1) is 11.4 Å². The standard InChI is InChI=1S/C15H8F10N2O/c16-12(17,14(21,22)15(23,24)25)11(28)6-7-5-10(13(18,19)20)27-9-4-2-1-3-8(9)26-7/h1-4,6,26H,5H2. The lowest BCUT2D eigenvalue weighted by Crippen LogP contribution is -2.55. The Morgan fingerprint density at radius 3 is 2.07 bits per heavy atom. The molecule has 0 radical (unpaired) electrons. The molecule has 0 unspecified atom stereocenters. The molecule has 28 heavy (non-hydrogen) atoms. The number of para-hydroxylation sites is 2. The summed E-state index contributed by atoms with van der Waals surface area (Å²) in [6, 6.07) is 4.83. The zero-order chi connectivity index (χ0) is 21.5. The minimum atomic E-state index is -6.76. The van der Waals surface area contributed by atoms with Gasteiger partial charge in [-0.25, -0.2) is 4.99 Å². The summed E-state index contributed by atoms with van der Waals surface area (Å²) in [5, 5.41) is 2.12. The fourth-order valence-corrected chi connectivity index (χ4v) is 2.09. The number of ketones is 1. The number of carbonyl (C=O) groups excluding carboxylic acids is 1. The highest BCUT2D eigenvalue weighted by Crippen LogP contribution is 2.47. The lowest BCUT2D eigenvalue weighted by Gasteiger charge is -2.26. The third-order valence-electron chi connectivity index (χ3n) is 3.50. The molecule has 1 N–H and O–H groups in total. The van der Waals surface area contributed by atoms with Gasteiger partial charge < -0.3 is 5.32 Å². The number of alkyl halides is 10. The highest BCUT2D eigenvalue weighted by Gasteiger charge is 2.75. The number of nitrogens with one attached hydrogen (secondary N) is 1. The van der Waals surface area contributed by atoms with E-state index in [2.05, 4.69) is 10.3 Å². The maximum absolute atomic E-state index is 13.4. The van der Waals surface area contributed by atoms with Crippen molar-refractivity contribution in [1.82, 2.24) is 0 Å². The van der Waals surface area contributed by atoms with E-state index in [4.69, 9.17) is 0 Å². The molecule has 0 saturated heterocycles. The summed E-state index contributed by atoms with van der Waals surface area (Å²) in [5.74, 6) is -16.0. The molecular formula is C15H8F10N2O. The van der Waals surface area contributed by atoms with Gasteiger partial charge >= 0.3 is 24.2 Å². The van der Waals surface area contributed by atoms with E-state index >= 15 is 0 Å². The molecule has 0 aliphatic carbocycles. The van der Waals surface area contributed by atoms with Crippen LogP contribution in [0.1, 0.15) is 6.42 Å². The second-order valence-electron chi connectivity index (χ2n) is 5.56. The molecule has 3 nitrogen and oxygen atoms in total. The van der Waals surface area contributed by atoms with E-state index in [1.807, 2.05) is 0 Å². The van der Waals surface area contributed by atoms with E-state index < -0.39 is 53.9 Å². The fraction of sp³-hybridized carbons (Fsp3) is 0.333. The average Bonchev–Trinajstić information content (AvgIpc) is 2.72. The Bertz CT molecular complexity index is 836. The van der Waals surface area contributed by atoms with Crippen LogP contribution < -0.4 is 5.32 Å². The Balaban J connectivity index is 2.48. The van der Waals surface area contributed by atoms with E-state index in [0.29, 0.717) is 0 Å². The number of carbonyl (C=O) groups is 1. The Labute approximate surface area is 149 Å². The van der Waals surface area contributed by atoms with Crippen LogP contribution in [0.15, 0.2) is 41.0 Å². The van der Waals surface area contributed by atoms with E-state index in [9.17, 15) is 48.7 Å². The van der Waals surface area contributed by atoms with Crippen molar-refractivity contribution in [3.05, 3.63) is 36.0 Å². The molecule has 1 aliphatic rings. The summed E-state index contributed by atoms with van der Waals surface area (Å²) in [5.41, 5.74) is -3.07. The van der Waals surface area contributed by atoms with Crippen LogP contribution in [0, 0.1) is 0 Å². The van der Waals surface area contributed by atoms with Crippen LogP contribution in [0.3, 0.4) is 0 Å². The van der Waals surface area contributed by atoms with Crippen molar-refractivity contribution in [3.8, 4) is 0 Å². The predicted octanol–water partition coefficient (Wildman–Crippen LogP) is 5.42. The zero-order valence-corrected chi connectivity index (χ0v) is 13.2. The number of benzene rings is 1. The third-order valence-corrected chi connectivity index (χ3v) is 3.50. The van der Waals surface area contributed by atoms with Gasteiger partial charge in [-0.3, -0.25) is 4.79 Å². The number of allylic oxidation sites excluding steroid dienone is 2. The van der Waals surface area contributed by atoms with Gasteiger partial charge in [0, 0.05) is 18.2 Å². The number of anilines is 1. The normalized spacial score (nSPS) is 17.5. The van der Waals surface area contributed by atoms with Crippen molar-refractivity contribution in [2.24, 2.45) is 4.99 Å². The number of hydrogen-bond donors (Lipinski definition) is 1. The van der Waals surface area contributed by atoms with E-state index in [0.717, 1.165) is 12.1 Å². The van der Waals surface area contributed by atoms with Crippen molar-refractivity contribution >= 4 is 22.9 Å². The van der Waals surface area contributed by atoms with E-state index in [1.54, 1.807) is 0 Å². The maximum atomic E-state index is 13.4. The van der Waals surface area contributed by atoms with E-state index in [1.165, 1.54) is 12.1 Å². The topological polar surface area (TPSA) is 41.5 Å². The molecule has 0 bridgehead atoms. The maximum Gasteiger partial charge on any atom is 0.460 e. The van der Waals surface area contributed by atoms with Gasteiger partial charge in [-0.2, -0.15) is 43.9 Å². The third kappa shape index (κ3) is 3.97. The summed E-state index contributed by atoms with van der Waals surface area (Å²) in [6.07, 6.45) is -13.6. The summed E-state index contributed by atoms with van der Waals surface area (Å²) in [6.45, 7) is 0. The average molecular weight is 422 g/mol. The summed E-state index contributed by atoms with van der Waals surface area (Å²) in [7, 11) is 0. The Morgan fingerprint density at radius 2 is 1.54 bits per heavy atom. The molecule has 13 heteroatoms. The molecule has 1 aromatic carbocycles. The first-order valence-electron chi connectivity index (χ1n) is 7.15. The first-order chi connectivity index (χ1) is 12.6. The predicted molar refractivity (Wildman–Crippen MR) is 76.9 cm³/mol. The molecule has 0 spiro atoms. The molecule has 0 fully saturated rings. The van der Waals surface area contributed by atoms with Crippen molar-refractivity contribution in [2.75, 3.05) is 5.32 Å². The lowest BCUT2D eigenvalue weighted by molar-refractivity contribution is -0.342. The van der Waals surface area contributed by atoms with Gasteiger partial charge in [0.2, 0.25) is 5.78 Å². The Hall–Kier alpha value is -2.60. The number of fused-ring (bicyclic) bond motifs is 1.